The van der Waals surface area contributed by atoms with E-state index in [-0.39, 0.29) is 24.3 Å². The van der Waals surface area contributed by atoms with Gasteiger partial charge in [-0.2, -0.15) is 26.3 Å². The highest BCUT2D eigenvalue weighted by Crippen LogP contribution is 2.29. The Labute approximate surface area is 242 Å². The van der Waals surface area contributed by atoms with Crippen LogP contribution in [0.2, 0.25) is 0 Å². The van der Waals surface area contributed by atoms with Crippen molar-refractivity contribution >= 4 is 17.7 Å². The van der Waals surface area contributed by atoms with Crippen molar-refractivity contribution in [1.82, 2.24) is 9.88 Å². The molecule has 232 valence electrons. The Kier molecular flexibility index (Phi) is 10.6. The van der Waals surface area contributed by atoms with E-state index in [9.17, 15) is 45.8 Å². The maximum absolute atomic E-state index is 13.1. The SMILES string of the molecule is CC(C)C(NC(=O)Cn1cc(Cc2ccc(C(F)(F)F)cc2)cc(NC(=O)OCc2ccccc2)c1=O)C(O)C(F)(F)F. The number of rotatable bonds is 10. The van der Waals surface area contributed by atoms with Gasteiger partial charge in [0.1, 0.15) is 18.8 Å². The summed E-state index contributed by atoms with van der Waals surface area (Å²) in [6, 6.07) is 12.3. The molecule has 2 atom stereocenters. The van der Waals surface area contributed by atoms with Crippen LogP contribution in [-0.2, 0) is 35.3 Å². The van der Waals surface area contributed by atoms with Crippen molar-refractivity contribution in [2.24, 2.45) is 5.92 Å². The van der Waals surface area contributed by atoms with Crippen molar-refractivity contribution in [1.29, 1.82) is 0 Å². The number of halogens is 6. The van der Waals surface area contributed by atoms with Crippen molar-refractivity contribution in [3.8, 4) is 0 Å². The zero-order valence-electron chi connectivity index (χ0n) is 23.0. The highest BCUT2D eigenvalue weighted by atomic mass is 19.4. The number of nitrogens with one attached hydrogen (secondary N) is 2. The van der Waals surface area contributed by atoms with Gasteiger partial charge >= 0.3 is 18.4 Å². The normalized spacial score (nSPS) is 13.3. The maximum Gasteiger partial charge on any atom is 0.416 e. The summed E-state index contributed by atoms with van der Waals surface area (Å²) in [7, 11) is 0. The molecule has 3 aromatic rings. The highest BCUT2D eigenvalue weighted by Gasteiger charge is 2.45. The third-order valence-electron chi connectivity index (χ3n) is 6.32. The molecule has 1 heterocycles. The van der Waals surface area contributed by atoms with Crippen LogP contribution in [0.25, 0.3) is 0 Å². The second kappa shape index (κ2) is 13.8. The molecule has 0 saturated heterocycles. The van der Waals surface area contributed by atoms with Crippen LogP contribution in [0.4, 0.5) is 36.8 Å². The Morgan fingerprint density at radius 2 is 1.56 bits per heavy atom. The predicted octanol–water partition coefficient (Wildman–Crippen LogP) is 5.27. The Hall–Kier alpha value is -4.33. The van der Waals surface area contributed by atoms with E-state index >= 15 is 0 Å². The minimum Gasteiger partial charge on any atom is -0.444 e. The predicted molar refractivity (Wildman–Crippen MR) is 144 cm³/mol. The lowest BCUT2D eigenvalue weighted by atomic mass is 9.98. The molecular formula is C29H29F6N3O5. The number of aliphatic hydroxyl groups excluding tert-OH is 1. The van der Waals surface area contributed by atoms with Crippen LogP contribution in [0.1, 0.15) is 36.1 Å². The van der Waals surface area contributed by atoms with E-state index in [4.69, 9.17) is 4.74 Å². The number of carbonyl (C=O) groups is 2. The molecule has 2 aromatic carbocycles. The van der Waals surface area contributed by atoms with E-state index in [1.807, 2.05) is 0 Å². The summed E-state index contributed by atoms with van der Waals surface area (Å²) in [5, 5.41) is 14.1. The van der Waals surface area contributed by atoms with E-state index < -0.39 is 60.1 Å². The third-order valence-corrected chi connectivity index (χ3v) is 6.32. The lowest BCUT2D eigenvalue weighted by Gasteiger charge is -2.29. The molecule has 3 N–H and O–H groups in total. The first-order chi connectivity index (χ1) is 20.0. The van der Waals surface area contributed by atoms with Gasteiger partial charge < -0.3 is 19.7 Å². The van der Waals surface area contributed by atoms with Crippen LogP contribution in [0, 0.1) is 5.92 Å². The minimum atomic E-state index is -5.02. The molecule has 0 saturated carbocycles. The Morgan fingerprint density at radius 3 is 2.12 bits per heavy atom. The molecule has 8 nitrogen and oxygen atoms in total. The molecule has 0 fully saturated rings. The molecule has 0 spiro atoms. The molecule has 43 heavy (non-hydrogen) atoms. The van der Waals surface area contributed by atoms with Crippen molar-refractivity contribution in [2.45, 2.75) is 57.9 Å². The van der Waals surface area contributed by atoms with Crippen LogP contribution < -0.4 is 16.2 Å². The number of nitrogens with zero attached hydrogens (tertiary/aromatic N) is 1. The fourth-order valence-electron chi connectivity index (χ4n) is 4.12. The van der Waals surface area contributed by atoms with Gasteiger partial charge in [0.15, 0.2) is 6.10 Å². The second-order valence-electron chi connectivity index (χ2n) is 10.1. The molecule has 0 aliphatic heterocycles. The molecule has 0 aliphatic carbocycles. The summed E-state index contributed by atoms with van der Waals surface area (Å²) >= 11 is 0. The van der Waals surface area contributed by atoms with Gasteiger partial charge in [0, 0.05) is 6.20 Å². The molecule has 2 unspecified atom stereocenters. The summed E-state index contributed by atoms with van der Waals surface area (Å²) in [5.74, 6) is -1.87. The lowest BCUT2D eigenvalue weighted by molar-refractivity contribution is -0.215. The number of amides is 2. The number of hydrogen-bond acceptors (Lipinski definition) is 5. The first kappa shape index (κ1) is 33.2. The summed E-state index contributed by atoms with van der Waals surface area (Å²) in [6.07, 6.45) is -12.3. The molecule has 0 radical (unpaired) electrons. The monoisotopic (exact) mass is 613 g/mol. The number of carbonyl (C=O) groups excluding carboxylic acids is 2. The zero-order chi connectivity index (χ0) is 31.9. The molecule has 0 aliphatic rings. The average molecular weight is 614 g/mol. The molecule has 14 heteroatoms. The van der Waals surface area contributed by atoms with Gasteiger partial charge in [0.05, 0.1) is 11.6 Å². The fraction of sp³-hybridized carbons (Fsp3) is 0.345. The van der Waals surface area contributed by atoms with Crippen LogP contribution in [0.5, 0.6) is 0 Å². The largest absolute Gasteiger partial charge is 0.444 e. The van der Waals surface area contributed by atoms with E-state index in [1.165, 1.54) is 38.2 Å². The number of benzene rings is 2. The van der Waals surface area contributed by atoms with Crippen LogP contribution in [0.3, 0.4) is 0 Å². The summed E-state index contributed by atoms with van der Waals surface area (Å²) in [5.41, 5.74) is -0.785. The summed E-state index contributed by atoms with van der Waals surface area (Å²) in [6.45, 7) is 1.80. The smallest absolute Gasteiger partial charge is 0.416 e. The molecule has 2 amide bonds. The van der Waals surface area contributed by atoms with E-state index in [0.29, 0.717) is 11.1 Å². The number of aliphatic hydroxyl groups is 1. The quantitative estimate of drug-likeness (QED) is 0.270. The van der Waals surface area contributed by atoms with Crippen molar-refractivity contribution < 1.29 is 45.8 Å². The maximum atomic E-state index is 13.1. The number of alkyl halides is 6. The van der Waals surface area contributed by atoms with Gasteiger partial charge in [0.25, 0.3) is 5.56 Å². The van der Waals surface area contributed by atoms with Gasteiger partial charge in [-0.15, -0.1) is 0 Å². The topological polar surface area (TPSA) is 110 Å². The van der Waals surface area contributed by atoms with Gasteiger partial charge in [-0.05, 0) is 47.2 Å². The molecule has 1 aromatic heterocycles. The second-order valence-corrected chi connectivity index (χ2v) is 10.1. The Bertz CT molecular complexity index is 1450. The zero-order valence-corrected chi connectivity index (χ0v) is 23.0. The average Bonchev–Trinajstić information content (AvgIpc) is 2.92. The van der Waals surface area contributed by atoms with E-state index in [1.54, 1.807) is 30.3 Å². The van der Waals surface area contributed by atoms with Crippen LogP contribution >= 0.6 is 0 Å². The lowest BCUT2D eigenvalue weighted by Crippen LogP contribution is -2.53. The van der Waals surface area contributed by atoms with Crippen LogP contribution in [-0.4, -0.2) is 40.0 Å². The van der Waals surface area contributed by atoms with E-state index in [2.05, 4.69) is 10.6 Å². The standard InChI is InChI=1S/C29H29F6N3O5/c1-17(2)24(25(40)29(33,34)35)37-23(39)15-38-14-20(12-18-8-10-21(11-9-18)28(30,31)32)13-22(26(38)41)36-27(42)43-16-19-6-4-3-5-7-19/h3-11,13-14,17,24-25,40H,12,15-16H2,1-2H3,(H,36,42)(H,37,39). The minimum absolute atomic E-state index is 0.0326. The number of anilines is 1. The van der Waals surface area contributed by atoms with Gasteiger partial charge in [-0.25, -0.2) is 4.79 Å². The van der Waals surface area contributed by atoms with Gasteiger partial charge in [-0.3, -0.25) is 14.9 Å². The highest BCUT2D eigenvalue weighted by molar-refractivity contribution is 5.84. The molecule has 3 rings (SSSR count). The van der Waals surface area contributed by atoms with Crippen molar-refractivity contribution in [3.63, 3.8) is 0 Å². The first-order valence-corrected chi connectivity index (χ1v) is 13.0. The molecule has 0 bridgehead atoms. The van der Waals surface area contributed by atoms with E-state index in [0.717, 1.165) is 16.7 Å². The van der Waals surface area contributed by atoms with Crippen molar-refractivity contribution in [2.75, 3.05) is 5.32 Å². The number of pyridine rings is 1. The number of aromatic nitrogens is 1. The molecular weight excluding hydrogens is 584 g/mol. The fourth-order valence-corrected chi connectivity index (χ4v) is 4.12. The van der Waals surface area contributed by atoms with Crippen LogP contribution in [0.15, 0.2) is 71.7 Å². The third kappa shape index (κ3) is 9.60. The van der Waals surface area contributed by atoms with Gasteiger partial charge in [-0.1, -0.05) is 56.3 Å². The van der Waals surface area contributed by atoms with Crippen molar-refractivity contribution in [3.05, 3.63) is 99.5 Å². The summed E-state index contributed by atoms with van der Waals surface area (Å²) in [4.78, 5) is 38.3. The van der Waals surface area contributed by atoms with Gasteiger partial charge in [0.2, 0.25) is 5.91 Å². The Balaban J connectivity index is 1.88. The number of ether oxygens (including phenoxy) is 1. The first-order valence-electron chi connectivity index (χ1n) is 13.0. The number of hydrogen-bond donors (Lipinski definition) is 3. The Morgan fingerprint density at radius 1 is 0.930 bits per heavy atom. The summed E-state index contributed by atoms with van der Waals surface area (Å²) < 4.78 is 84.2.